The lowest BCUT2D eigenvalue weighted by Gasteiger charge is -2.30. The molecule has 0 saturated carbocycles. The van der Waals surface area contributed by atoms with Crippen LogP contribution in [-0.2, 0) is 50.7 Å². The lowest BCUT2D eigenvalue weighted by Crippen LogP contribution is -2.46. The Bertz CT molecular complexity index is 2030. The molecule has 0 aromatic carbocycles. The van der Waals surface area contributed by atoms with Gasteiger partial charge < -0.3 is 50.9 Å². The fourth-order valence-electron chi connectivity index (χ4n) is 6.53. The highest BCUT2D eigenvalue weighted by atomic mass is 32.2. The zero-order valence-electron chi connectivity index (χ0n) is 37.4. The fourth-order valence-corrected chi connectivity index (χ4v) is 10.1. The summed E-state index contributed by atoms with van der Waals surface area (Å²) in [5.74, 6) is -1.03. The molecule has 376 valence electrons. The Labute approximate surface area is 388 Å². The van der Waals surface area contributed by atoms with Gasteiger partial charge in [0.05, 0.1) is 19.5 Å². The number of carbonyl (C=O) groups is 3. The van der Waals surface area contributed by atoms with E-state index in [1.165, 1.54) is 58.8 Å². The summed E-state index contributed by atoms with van der Waals surface area (Å²) in [5.41, 5.74) is 4.28. The second kappa shape index (κ2) is 28.1. The number of amides is 2. The largest absolute Gasteiger partial charge is 0.481 e. The highest BCUT2D eigenvalue weighted by Crippen LogP contribution is 2.61. The third kappa shape index (κ3) is 20.9. The molecule has 3 heterocycles. The first-order valence-corrected chi connectivity index (χ1v) is 27.3. The van der Waals surface area contributed by atoms with Crippen LogP contribution >= 0.6 is 35.2 Å². The summed E-state index contributed by atoms with van der Waals surface area (Å²) in [6.45, 7) is 2.78. The summed E-state index contributed by atoms with van der Waals surface area (Å²) in [4.78, 5) is 88.3. The number of nitrogens with zero attached hydrogens (tertiary/aromatic N) is 4. The number of phosphoric acid groups is 3. The lowest BCUT2D eigenvalue weighted by molar-refractivity contribution is -0.137. The molecule has 2 aromatic rings. The van der Waals surface area contributed by atoms with E-state index in [1.807, 2.05) is 0 Å². The summed E-state index contributed by atoms with van der Waals surface area (Å²) < 4.78 is 62.4. The number of rotatable bonds is 33. The number of hydrogen-bond donors (Lipinski definition) is 9. The van der Waals surface area contributed by atoms with Gasteiger partial charge in [-0.2, -0.15) is 4.31 Å². The Morgan fingerprint density at radius 1 is 0.909 bits per heavy atom. The molecule has 24 nitrogen and oxygen atoms in total. The number of phosphoric ester groups is 3. The highest BCUT2D eigenvalue weighted by molar-refractivity contribution is 8.13. The van der Waals surface area contributed by atoms with Crippen LogP contribution in [0.1, 0.15) is 117 Å². The minimum atomic E-state index is -5.57. The molecule has 1 aliphatic heterocycles. The number of thioether (sulfide) groups is 1. The molecule has 2 amide bonds. The van der Waals surface area contributed by atoms with Crippen molar-refractivity contribution in [3.05, 3.63) is 24.8 Å². The Morgan fingerprint density at radius 2 is 1.55 bits per heavy atom. The molecular weight excluding hydrogens is 951 g/mol. The van der Waals surface area contributed by atoms with E-state index in [0.717, 1.165) is 61.1 Å². The molecule has 2 unspecified atom stereocenters. The molecule has 0 spiro atoms. The molecule has 1 fully saturated rings. The number of aliphatic hydroxyl groups excluding tert-OH is 2. The van der Waals surface area contributed by atoms with Crippen LogP contribution in [0.2, 0.25) is 0 Å². The molecule has 10 N–H and O–H groups in total. The minimum absolute atomic E-state index is 0.0330. The molecule has 0 bridgehead atoms. The van der Waals surface area contributed by atoms with E-state index in [1.54, 1.807) is 0 Å². The number of unbranched alkanes of at least 4 members (excludes halogenated alkanes) is 10. The van der Waals surface area contributed by atoms with Gasteiger partial charge in [-0.1, -0.05) is 89.6 Å². The van der Waals surface area contributed by atoms with Gasteiger partial charge in [-0.25, -0.2) is 28.6 Å². The Balaban J connectivity index is 1.32. The van der Waals surface area contributed by atoms with Gasteiger partial charge in [0.25, 0.3) is 0 Å². The van der Waals surface area contributed by atoms with Crippen molar-refractivity contribution in [2.75, 3.05) is 37.8 Å². The molecule has 7 atom stereocenters. The normalized spacial score (nSPS) is 20.3. The van der Waals surface area contributed by atoms with Crippen molar-refractivity contribution in [3.8, 4) is 0 Å². The maximum absolute atomic E-state index is 12.7. The predicted molar refractivity (Wildman–Crippen MR) is 242 cm³/mol. The van der Waals surface area contributed by atoms with Gasteiger partial charge in [-0.15, -0.1) is 0 Å². The zero-order valence-corrected chi connectivity index (χ0v) is 40.9. The second-order valence-electron chi connectivity index (χ2n) is 16.3. The van der Waals surface area contributed by atoms with E-state index in [0.29, 0.717) is 12.2 Å². The Hall–Kier alpha value is -2.70. The standard InChI is InChI=1S/C38H66N7O17P3S/c1-4-5-6-7-8-9-10-11-12-13-14-15-16-17-18-29(47)66-22-21-40-28(46)19-20-41-36(50)33(49)38(2,3)24-59-65(56,57)62-64(54,55)58-23-27-32(61-63(51,52)53)31(48)37(60-27)45-26-44-30-34(39)42-25-43-35(30)45/h9-10,25-27,31-33,37,48-49H,4-8,11-24H2,1-3H3,(H,40,46)(H,41,50)(H,54,55)(H,56,57)(H2,39,42,43)(H2,51,52,53)/b10-9+/t27-,31-,32-,33+,37-/m1/s1. The third-order valence-electron chi connectivity index (χ3n) is 10.2. The third-order valence-corrected chi connectivity index (χ3v) is 14.2. The maximum atomic E-state index is 12.7. The van der Waals surface area contributed by atoms with E-state index in [-0.39, 0.29) is 41.6 Å². The highest BCUT2D eigenvalue weighted by Gasteiger charge is 2.50. The number of nitrogens with one attached hydrogen (secondary N) is 2. The number of carbonyl (C=O) groups excluding carboxylic acids is 3. The van der Waals surface area contributed by atoms with Crippen molar-refractivity contribution in [2.45, 2.75) is 141 Å². The number of nitrogens with two attached hydrogens (primary N) is 1. The van der Waals surface area contributed by atoms with Gasteiger partial charge in [0.15, 0.2) is 22.8 Å². The predicted octanol–water partition coefficient (Wildman–Crippen LogP) is 4.31. The van der Waals surface area contributed by atoms with Crippen LogP contribution in [0.15, 0.2) is 24.8 Å². The maximum Gasteiger partial charge on any atom is 0.481 e. The number of fused-ring (bicyclic) bond motifs is 1. The number of nitrogen functional groups attached to an aromatic ring is 1. The Morgan fingerprint density at radius 3 is 2.21 bits per heavy atom. The van der Waals surface area contributed by atoms with E-state index < -0.39 is 84.6 Å². The first-order chi connectivity index (χ1) is 31.1. The molecule has 2 aromatic heterocycles. The van der Waals surface area contributed by atoms with Crippen LogP contribution in [0.5, 0.6) is 0 Å². The van der Waals surface area contributed by atoms with E-state index in [9.17, 15) is 57.9 Å². The van der Waals surface area contributed by atoms with Crippen LogP contribution in [0, 0.1) is 5.41 Å². The topological polar surface area (TPSA) is 364 Å². The smallest absolute Gasteiger partial charge is 0.386 e. The zero-order chi connectivity index (χ0) is 49.0. The van der Waals surface area contributed by atoms with Crippen LogP contribution in [-0.4, -0.2) is 123 Å². The minimum Gasteiger partial charge on any atom is -0.386 e. The molecule has 66 heavy (non-hydrogen) atoms. The van der Waals surface area contributed by atoms with Gasteiger partial charge in [-0.05, 0) is 32.1 Å². The number of aliphatic hydroxyl groups is 2. The van der Waals surface area contributed by atoms with Crippen molar-refractivity contribution >= 4 is 69.1 Å². The number of ether oxygens (including phenoxy) is 1. The molecule has 1 saturated heterocycles. The number of aromatic nitrogens is 4. The summed E-state index contributed by atoms with van der Waals surface area (Å²) in [7, 11) is -16.4. The summed E-state index contributed by atoms with van der Waals surface area (Å²) in [5, 5.41) is 26.6. The number of hydrogen-bond acceptors (Lipinski definition) is 18. The van der Waals surface area contributed by atoms with Crippen LogP contribution in [0.25, 0.3) is 11.2 Å². The second-order valence-corrected chi connectivity index (χ2v) is 21.7. The van der Waals surface area contributed by atoms with Gasteiger partial charge in [0.1, 0.15) is 36.3 Å². The monoisotopic (exact) mass is 1020 g/mol. The van der Waals surface area contributed by atoms with Crippen molar-refractivity contribution < 1.29 is 80.5 Å². The van der Waals surface area contributed by atoms with Gasteiger partial charge in [-0.3, -0.25) is 32.5 Å². The summed E-state index contributed by atoms with van der Waals surface area (Å²) >= 11 is 1.15. The van der Waals surface area contributed by atoms with Gasteiger partial charge >= 0.3 is 23.5 Å². The molecular formula is C38H66N7O17P3S. The quantitative estimate of drug-likeness (QED) is 0.0273. The molecule has 1 aliphatic rings. The Kier molecular flexibility index (Phi) is 24.5. The molecule has 0 aliphatic carbocycles. The van der Waals surface area contributed by atoms with E-state index in [2.05, 4.69) is 53.5 Å². The molecule has 28 heteroatoms. The first kappa shape index (κ1) is 57.6. The van der Waals surface area contributed by atoms with Gasteiger partial charge in [0, 0.05) is 37.1 Å². The SMILES string of the molecule is CCCCCC/C=C/CCCCCCCCC(=O)SCCNC(=O)CCNC(=O)[C@H](O)C(C)(C)COP(=O)(O)OP(=O)(O)OC[C@H]1O[C@@H](n2cnc3c(N)ncnc32)[C@H](O)[C@@H]1OP(=O)(O)O. The average Bonchev–Trinajstić information content (AvgIpc) is 3.80. The average molecular weight is 1020 g/mol. The van der Waals surface area contributed by atoms with E-state index >= 15 is 0 Å². The van der Waals surface area contributed by atoms with Crippen molar-refractivity contribution in [1.82, 2.24) is 30.2 Å². The first-order valence-electron chi connectivity index (χ1n) is 21.8. The van der Waals surface area contributed by atoms with Crippen molar-refractivity contribution in [3.63, 3.8) is 0 Å². The number of imidazole rings is 1. The number of anilines is 1. The van der Waals surface area contributed by atoms with Crippen LogP contribution in [0.4, 0.5) is 5.82 Å². The summed E-state index contributed by atoms with van der Waals surface area (Å²) in [6.07, 6.45) is 12.0. The molecule has 0 radical (unpaired) electrons. The number of allylic oxidation sites excluding steroid dienone is 2. The van der Waals surface area contributed by atoms with Crippen LogP contribution in [0.3, 0.4) is 0 Å². The van der Waals surface area contributed by atoms with Crippen molar-refractivity contribution in [1.29, 1.82) is 0 Å². The molecule has 3 rings (SSSR count). The van der Waals surface area contributed by atoms with Crippen LogP contribution < -0.4 is 16.4 Å². The van der Waals surface area contributed by atoms with Gasteiger partial charge in [0.2, 0.25) is 11.8 Å². The lowest BCUT2D eigenvalue weighted by atomic mass is 9.87. The van der Waals surface area contributed by atoms with Crippen molar-refractivity contribution in [2.24, 2.45) is 5.41 Å². The summed E-state index contributed by atoms with van der Waals surface area (Å²) in [6, 6.07) is 0. The van der Waals surface area contributed by atoms with E-state index in [4.69, 9.17) is 19.5 Å². The fraction of sp³-hybridized carbons (Fsp3) is 0.737.